The fourth-order valence-electron chi connectivity index (χ4n) is 3.46. The molecule has 1 saturated heterocycles. The Morgan fingerprint density at radius 3 is 2.40 bits per heavy atom. The molecule has 2 N–H and O–H groups in total. The monoisotopic (exact) mass is 574 g/mol. The van der Waals surface area contributed by atoms with E-state index in [1.54, 1.807) is 48.5 Å². The van der Waals surface area contributed by atoms with Crippen LogP contribution in [0.4, 0.5) is 15.8 Å². The lowest BCUT2D eigenvalue weighted by atomic mass is 10.1. The SMILES string of the molecule is O=C(CC1C(=O)N(c2ccc(F)cc2)C(=S)N1NC(=O)c1ccc(Br)cc1)Nc1cccc(Cl)c1. The van der Waals surface area contributed by atoms with Gasteiger partial charge in [0, 0.05) is 20.7 Å². The lowest BCUT2D eigenvalue weighted by Crippen LogP contribution is -2.49. The molecule has 178 valence electrons. The third-order valence-electron chi connectivity index (χ3n) is 5.11. The lowest BCUT2D eigenvalue weighted by molar-refractivity contribution is -0.124. The Kier molecular flexibility index (Phi) is 7.44. The fourth-order valence-corrected chi connectivity index (χ4v) is 4.28. The smallest absolute Gasteiger partial charge is 0.269 e. The molecule has 3 amide bonds. The molecule has 3 aromatic rings. The van der Waals surface area contributed by atoms with E-state index in [0.29, 0.717) is 22.0 Å². The highest BCUT2D eigenvalue weighted by atomic mass is 79.9. The fraction of sp³-hybridized carbons (Fsp3) is 0.0833. The standard InChI is InChI=1S/C24H17BrClFN4O3S/c25-15-6-4-14(5-7-15)22(33)29-31-20(13-21(32)28-18-3-1-2-16(26)12-18)23(34)30(24(31)35)19-10-8-17(27)9-11-19/h1-12,20H,13H2,(H,28,32)(H,29,33). The first-order chi connectivity index (χ1) is 16.7. The summed E-state index contributed by atoms with van der Waals surface area (Å²) in [7, 11) is 0. The number of amides is 3. The van der Waals surface area contributed by atoms with Crippen molar-refractivity contribution in [3.05, 3.63) is 93.7 Å². The summed E-state index contributed by atoms with van der Waals surface area (Å²) in [5.41, 5.74) is 3.72. The van der Waals surface area contributed by atoms with Crippen molar-refractivity contribution in [2.24, 2.45) is 0 Å². The summed E-state index contributed by atoms with van der Waals surface area (Å²) < 4.78 is 14.2. The average Bonchev–Trinajstić information content (AvgIpc) is 3.04. The maximum Gasteiger partial charge on any atom is 0.269 e. The summed E-state index contributed by atoms with van der Waals surface area (Å²) in [6, 6.07) is 17.2. The summed E-state index contributed by atoms with van der Waals surface area (Å²) >= 11 is 14.8. The zero-order chi connectivity index (χ0) is 25.1. The summed E-state index contributed by atoms with van der Waals surface area (Å²) in [4.78, 5) is 40.2. The van der Waals surface area contributed by atoms with Crippen LogP contribution in [0.15, 0.2) is 77.3 Å². The molecule has 1 aliphatic heterocycles. The summed E-state index contributed by atoms with van der Waals surface area (Å²) in [6.07, 6.45) is -0.316. The van der Waals surface area contributed by atoms with Gasteiger partial charge in [0.1, 0.15) is 11.9 Å². The molecule has 0 aliphatic carbocycles. The first-order valence-corrected chi connectivity index (χ1v) is 11.9. The Bertz CT molecular complexity index is 1310. The predicted octanol–water partition coefficient (Wildman–Crippen LogP) is 4.92. The molecule has 11 heteroatoms. The molecule has 0 radical (unpaired) electrons. The van der Waals surface area contributed by atoms with Gasteiger partial charge < -0.3 is 5.32 Å². The Morgan fingerprint density at radius 1 is 1.06 bits per heavy atom. The van der Waals surface area contributed by atoms with E-state index in [2.05, 4.69) is 26.7 Å². The highest BCUT2D eigenvalue weighted by Gasteiger charge is 2.45. The molecule has 0 saturated carbocycles. The van der Waals surface area contributed by atoms with Crippen molar-refractivity contribution in [1.82, 2.24) is 10.4 Å². The van der Waals surface area contributed by atoms with Gasteiger partial charge >= 0.3 is 0 Å². The highest BCUT2D eigenvalue weighted by molar-refractivity contribution is 9.10. The third kappa shape index (κ3) is 5.67. The number of halogens is 3. The lowest BCUT2D eigenvalue weighted by Gasteiger charge is -2.24. The molecular weight excluding hydrogens is 559 g/mol. The van der Waals surface area contributed by atoms with Crippen molar-refractivity contribution >= 4 is 74.0 Å². The van der Waals surface area contributed by atoms with Gasteiger partial charge in [-0.3, -0.25) is 24.7 Å². The van der Waals surface area contributed by atoms with Crippen LogP contribution in [0.25, 0.3) is 0 Å². The van der Waals surface area contributed by atoms with E-state index in [4.69, 9.17) is 23.8 Å². The minimum Gasteiger partial charge on any atom is -0.326 e. The molecule has 1 atom stereocenters. The molecule has 1 heterocycles. The quantitative estimate of drug-likeness (QED) is 0.408. The van der Waals surface area contributed by atoms with Gasteiger partial charge in [-0.05, 0) is 78.9 Å². The number of benzene rings is 3. The molecule has 4 rings (SSSR count). The van der Waals surface area contributed by atoms with E-state index in [9.17, 15) is 18.8 Å². The van der Waals surface area contributed by atoms with Gasteiger partial charge in [0.05, 0.1) is 12.1 Å². The van der Waals surface area contributed by atoms with Crippen LogP contribution < -0.4 is 15.6 Å². The molecule has 3 aromatic carbocycles. The van der Waals surface area contributed by atoms with Crippen LogP contribution in [-0.2, 0) is 9.59 Å². The van der Waals surface area contributed by atoms with Crippen molar-refractivity contribution in [1.29, 1.82) is 0 Å². The Labute approximate surface area is 218 Å². The zero-order valence-corrected chi connectivity index (χ0v) is 21.0. The largest absolute Gasteiger partial charge is 0.326 e. The second kappa shape index (κ2) is 10.5. The van der Waals surface area contributed by atoms with Gasteiger partial charge in [-0.1, -0.05) is 33.6 Å². The predicted molar refractivity (Wildman–Crippen MR) is 138 cm³/mol. The second-order valence-corrected chi connectivity index (χ2v) is 9.25. The summed E-state index contributed by atoms with van der Waals surface area (Å²) in [5, 5.41) is 4.26. The first kappa shape index (κ1) is 24.8. The maximum absolute atomic E-state index is 13.4. The summed E-state index contributed by atoms with van der Waals surface area (Å²) in [6.45, 7) is 0. The number of nitrogens with zero attached hydrogens (tertiary/aromatic N) is 2. The van der Waals surface area contributed by atoms with Gasteiger partial charge in [-0.2, -0.15) is 0 Å². The number of thiocarbonyl (C=S) groups is 1. The number of carbonyl (C=O) groups excluding carboxylic acids is 3. The van der Waals surface area contributed by atoms with Crippen LogP contribution in [0.5, 0.6) is 0 Å². The molecule has 0 aromatic heterocycles. The van der Waals surface area contributed by atoms with Crippen LogP contribution in [0.3, 0.4) is 0 Å². The van der Waals surface area contributed by atoms with Crippen molar-refractivity contribution < 1.29 is 18.8 Å². The number of anilines is 2. The zero-order valence-electron chi connectivity index (χ0n) is 17.9. The molecule has 7 nitrogen and oxygen atoms in total. The van der Waals surface area contributed by atoms with E-state index in [1.165, 1.54) is 29.3 Å². The molecule has 1 unspecified atom stereocenters. The molecule has 0 spiro atoms. The first-order valence-electron chi connectivity index (χ1n) is 10.3. The minimum absolute atomic E-state index is 0.0485. The molecule has 0 bridgehead atoms. The number of rotatable bonds is 6. The van der Waals surface area contributed by atoms with Crippen LogP contribution in [0, 0.1) is 5.82 Å². The Balaban J connectivity index is 1.60. The van der Waals surface area contributed by atoms with Gasteiger partial charge in [0.15, 0.2) is 0 Å². The third-order valence-corrected chi connectivity index (χ3v) is 6.26. The van der Waals surface area contributed by atoms with Crippen LogP contribution >= 0.6 is 39.7 Å². The Morgan fingerprint density at radius 2 is 1.74 bits per heavy atom. The highest BCUT2D eigenvalue weighted by Crippen LogP contribution is 2.27. The molecule has 1 aliphatic rings. The van der Waals surface area contributed by atoms with Crippen molar-refractivity contribution in [2.45, 2.75) is 12.5 Å². The van der Waals surface area contributed by atoms with Gasteiger partial charge in [0.2, 0.25) is 11.0 Å². The second-order valence-electron chi connectivity index (χ2n) is 7.53. The van der Waals surface area contributed by atoms with Gasteiger partial charge in [-0.15, -0.1) is 0 Å². The van der Waals surface area contributed by atoms with Crippen molar-refractivity contribution in [3.8, 4) is 0 Å². The van der Waals surface area contributed by atoms with E-state index in [-0.39, 0.29) is 11.5 Å². The van der Waals surface area contributed by atoms with Crippen molar-refractivity contribution in [2.75, 3.05) is 10.2 Å². The molecule has 1 fully saturated rings. The number of carbonyl (C=O) groups is 3. The summed E-state index contributed by atoms with van der Waals surface area (Å²) in [5.74, 6) is -2.03. The van der Waals surface area contributed by atoms with Gasteiger partial charge in [0.25, 0.3) is 11.8 Å². The normalized spacial score (nSPS) is 15.3. The minimum atomic E-state index is -1.13. The van der Waals surface area contributed by atoms with E-state index in [1.807, 2.05) is 0 Å². The molecular formula is C24H17BrClFN4O3S. The number of nitrogens with one attached hydrogen (secondary N) is 2. The van der Waals surface area contributed by atoms with E-state index in [0.717, 1.165) is 9.37 Å². The number of hydrazine groups is 1. The van der Waals surface area contributed by atoms with Crippen LogP contribution in [0.1, 0.15) is 16.8 Å². The average molecular weight is 576 g/mol. The number of hydrogen-bond acceptors (Lipinski definition) is 4. The van der Waals surface area contributed by atoms with Gasteiger partial charge in [-0.25, -0.2) is 9.40 Å². The topological polar surface area (TPSA) is 81.8 Å². The molecule has 35 heavy (non-hydrogen) atoms. The number of hydrogen-bond donors (Lipinski definition) is 2. The maximum atomic E-state index is 13.4. The van der Waals surface area contributed by atoms with E-state index >= 15 is 0 Å². The van der Waals surface area contributed by atoms with Crippen LogP contribution in [0.2, 0.25) is 5.02 Å². The van der Waals surface area contributed by atoms with Crippen molar-refractivity contribution in [3.63, 3.8) is 0 Å². The van der Waals surface area contributed by atoms with Crippen LogP contribution in [-0.4, -0.2) is 33.9 Å². The Hall–Kier alpha value is -3.34. The van der Waals surface area contributed by atoms with E-state index < -0.39 is 29.6 Å².